The summed E-state index contributed by atoms with van der Waals surface area (Å²) in [6.07, 6.45) is 0.457. The highest BCUT2D eigenvalue weighted by Gasteiger charge is 2.20. The van der Waals surface area contributed by atoms with E-state index in [1.54, 1.807) is 6.92 Å². The number of H-pyrrole nitrogens is 1. The third kappa shape index (κ3) is 3.41. The number of carboxylic acids is 1. The van der Waals surface area contributed by atoms with Crippen LogP contribution in [-0.4, -0.2) is 40.1 Å². The van der Waals surface area contributed by atoms with Crippen LogP contribution in [0.4, 0.5) is 0 Å². The number of nitrogens with one attached hydrogen (secondary N) is 2. The highest BCUT2D eigenvalue weighted by molar-refractivity contribution is 7.89. The van der Waals surface area contributed by atoms with E-state index in [-0.39, 0.29) is 22.8 Å². The lowest BCUT2D eigenvalue weighted by atomic mass is 10.1. The number of aryl methyl sites for hydroxylation is 1. The smallest absolute Gasteiger partial charge is 0.335 e. The largest absolute Gasteiger partial charge is 0.478 e. The van der Waals surface area contributed by atoms with Gasteiger partial charge in [0.05, 0.1) is 17.0 Å². The Morgan fingerprint density at radius 2 is 2.19 bits per heavy atom. The molecule has 0 amide bonds. The van der Waals surface area contributed by atoms with Gasteiger partial charge in [-0.05, 0) is 24.1 Å². The number of rotatable bonds is 6. The van der Waals surface area contributed by atoms with Crippen molar-refractivity contribution in [3.05, 3.63) is 35.2 Å². The van der Waals surface area contributed by atoms with Gasteiger partial charge in [0.2, 0.25) is 10.0 Å². The van der Waals surface area contributed by atoms with Crippen molar-refractivity contribution in [1.82, 2.24) is 25.3 Å². The molecule has 0 radical (unpaired) electrons. The predicted octanol–water partition coefficient (Wildman–Crippen LogP) is -0.0612. The molecule has 0 unspecified atom stereocenters. The Hall–Kier alpha value is -2.33. The normalized spacial score (nSPS) is 11.5. The van der Waals surface area contributed by atoms with Crippen LogP contribution < -0.4 is 4.72 Å². The van der Waals surface area contributed by atoms with Gasteiger partial charge in [0, 0.05) is 0 Å². The Balaban J connectivity index is 2.33. The zero-order valence-corrected chi connectivity index (χ0v) is 11.9. The van der Waals surface area contributed by atoms with E-state index in [4.69, 9.17) is 5.11 Å². The van der Waals surface area contributed by atoms with Crippen molar-refractivity contribution in [3.63, 3.8) is 0 Å². The van der Waals surface area contributed by atoms with Gasteiger partial charge in [0.25, 0.3) is 0 Å². The van der Waals surface area contributed by atoms with Crippen molar-refractivity contribution in [3.8, 4) is 0 Å². The molecule has 1 aromatic heterocycles. The molecule has 112 valence electrons. The predicted molar refractivity (Wildman–Crippen MR) is 71.0 cm³/mol. The van der Waals surface area contributed by atoms with Gasteiger partial charge in [0.1, 0.15) is 0 Å². The molecule has 0 fully saturated rings. The fourth-order valence-electron chi connectivity index (χ4n) is 1.72. The average molecular weight is 311 g/mol. The molecule has 0 saturated carbocycles. The van der Waals surface area contributed by atoms with Gasteiger partial charge >= 0.3 is 5.97 Å². The Kier molecular flexibility index (Phi) is 4.29. The van der Waals surface area contributed by atoms with Crippen molar-refractivity contribution >= 4 is 16.0 Å². The van der Waals surface area contributed by atoms with Gasteiger partial charge in [-0.25, -0.2) is 17.9 Å². The lowest BCUT2D eigenvalue weighted by Crippen LogP contribution is -2.25. The van der Waals surface area contributed by atoms with Gasteiger partial charge in [-0.3, -0.25) is 0 Å². The van der Waals surface area contributed by atoms with Gasteiger partial charge in [-0.1, -0.05) is 18.2 Å². The van der Waals surface area contributed by atoms with Crippen LogP contribution in [0.2, 0.25) is 0 Å². The minimum absolute atomic E-state index is 0.0617. The molecule has 0 bridgehead atoms. The topological polar surface area (TPSA) is 138 Å². The molecule has 0 aliphatic rings. The zero-order chi connectivity index (χ0) is 15.5. The Bertz CT molecular complexity index is 742. The second-order valence-electron chi connectivity index (χ2n) is 4.13. The highest BCUT2D eigenvalue weighted by Crippen LogP contribution is 2.19. The standard InChI is InChI=1S/C11H13N5O4S/c1-2-7-3-4-8(11(17)18)5-9(7)21(19,20)12-6-10-13-15-16-14-10/h3-5,12H,2,6H2,1H3,(H,17,18)(H,13,14,15,16). The third-order valence-corrected chi connectivity index (χ3v) is 4.28. The molecule has 1 heterocycles. The van der Waals surface area contributed by atoms with E-state index in [0.717, 1.165) is 6.07 Å². The van der Waals surface area contributed by atoms with E-state index in [1.807, 2.05) is 0 Å². The van der Waals surface area contributed by atoms with Crippen LogP contribution in [0.25, 0.3) is 0 Å². The molecule has 2 aromatic rings. The van der Waals surface area contributed by atoms with Gasteiger partial charge < -0.3 is 5.11 Å². The third-order valence-electron chi connectivity index (χ3n) is 2.79. The summed E-state index contributed by atoms with van der Waals surface area (Å²) < 4.78 is 26.9. The molecule has 3 N–H and O–H groups in total. The molecule has 21 heavy (non-hydrogen) atoms. The number of tetrazole rings is 1. The van der Waals surface area contributed by atoms with Crippen LogP contribution in [-0.2, 0) is 23.0 Å². The molecule has 10 heteroatoms. The monoisotopic (exact) mass is 311 g/mol. The maximum Gasteiger partial charge on any atom is 0.335 e. The number of carbonyl (C=O) groups is 1. The molecule has 9 nitrogen and oxygen atoms in total. The Morgan fingerprint density at radius 1 is 1.43 bits per heavy atom. The number of hydrogen-bond donors (Lipinski definition) is 3. The maximum atomic E-state index is 12.3. The van der Waals surface area contributed by atoms with Crippen LogP contribution in [0, 0.1) is 0 Å². The molecule has 0 aliphatic carbocycles. The van der Waals surface area contributed by atoms with Crippen molar-refractivity contribution in [2.75, 3.05) is 0 Å². The van der Waals surface area contributed by atoms with Crippen LogP contribution in [0.5, 0.6) is 0 Å². The molecule has 0 atom stereocenters. The fourth-order valence-corrected chi connectivity index (χ4v) is 3.04. The van der Waals surface area contributed by atoms with E-state index >= 15 is 0 Å². The lowest BCUT2D eigenvalue weighted by molar-refractivity contribution is 0.0696. The van der Waals surface area contributed by atoms with Gasteiger partial charge in [-0.2, -0.15) is 5.21 Å². The number of nitrogens with zero attached hydrogens (tertiary/aromatic N) is 3. The molecule has 1 aromatic carbocycles. The molecule has 0 saturated heterocycles. The van der Waals surface area contributed by atoms with E-state index in [0.29, 0.717) is 12.0 Å². The van der Waals surface area contributed by atoms with Crippen molar-refractivity contribution < 1.29 is 18.3 Å². The SMILES string of the molecule is CCc1ccc(C(=O)O)cc1S(=O)(=O)NCc1nn[nH]n1. The summed E-state index contributed by atoms with van der Waals surface area (Å²) in [5.74, 6) is -1.00. The zero-order valence-electron chi connectivity index (χ0n) is 11.1. The number of aromatic nitrogens is 4. The van der Waals surface area contributed by atoms with E-state index in [9.17, 15) is 13.2 Å². The number of aromatic amines is 1. The first-order valence-corrected chi connectivity index (χ1v) is 7.50. The summed E-state index contributed by atoms with van der Waals surface area (Å²) in [5.41, 5.74) is 0.438. The van der Waals surface area contributed by atoms with Crippen molar-refractivity contribution in [1.29, 1.82) is 0 Å². The molecular formula is C11H13N5O4S. The Labute approximate surface area is 120 Å². The number of sulfonamides is 1. The highest BCUT2D eigenvalue weighted by atomic mass is 32.2. The van der Waals surface area contributed by atoms with Crippen LogP contribution in [0.1, 0.15) is 28.7 Å². The number of benzene rings is 1. The molecule has 0 spiro atoms. The van der Waals surface area contributed by atoms with Crippen LogP contribution in [0.15, 0.2) is 23.1 Å². The maximum absolute atomic E-state index is 12.3. The summed E-state index contributed by atoms with van der Waals surface area (Å²) in [5, 5.41) is 21.8. The van der Waals surface area contributed by atoms with Crippen LogP contribution in [0.3, 0.4) is 0 Å². The lowest BCUT2D eigenvalue weighted by Gasteiger charge is -2.10. The quantitative estimate of drug-likeness (QED) is 0.679. The summed E-state index contributed by atoms with van der Waals surface area (Å²) in [6, 6.07) is 4.01. The summed E-state index contributed by atoms with van der Waals surface area (Å²) in [7, 11) is -3.87. The first-order valence-electron chi connectivity index (χ1n) is 6.02. The average Bonchev–Trinajstić information content (AvgIpc) is 2.98. The summed E-state index contributed by atoms with van der Waals surface area (Å²) >= 11 is 0. The number of carboxylic acid groups (broad SMARTS) is 1. The van der Waals surface area contributed by atoms with Crippen molar-refractivity contribution in [2.24, 2.45) is 0 Å². The summed E-state index contributed by atoms with van der Waals surface area (Å²) in [4.78, 5) is 10.9. The second kappa shape index (κ2) is 5.97. The van der Waals surface area contributed by atoms with Gasteiger partial charge in [0.15, 0.2) is 5.82 Å². The van der Waals surface area contributed by atoms with E-state index in [1.165, 1.54) is 12.1 Å². The Morgan fingerprint density at radius 3 is 2.76 bits per heavy atom. The van der Waals surface area contributed by atoms with Gasteiger partial charge in [-0.15, -0.1) is 10.2 Å². The minimum atomic E-state index is -3.87. The van der Waals surface area contributed by atoms with E-state index < -0.39 is 16.0 Å². The summed E-state index contributed by atoms with van der Waals surface area (Å²) in [6.45, 7) is 1.65. The fraction of sp³-hybridized carbons (Fsp3) is 0.273. The first-order chi connectivity index (χ1) is 9.94. The first kappa shape index (κ1) is 15.1. The number of aromatic carboxylic acids is 1. The second-order valence-corrected chi connectivity index (χ2v) is 5.87. The van der Waals surface area contributed by atoms with E-state index in [2.05, 4.69) is 25.3 Å². The van der Waals surface area contributed by atoms with Crippen LogP contribution >= 0.6 is 0 Å². The molecule has 2 rings (SSSR count). The molecular weight excluding hydrogens is 298 g/mol. The minimum Gasteiger partial charge on any atom is -0.478 e. The number of hydrogen-bond acceptors (Lipinski definition) is 6. The molecule has 0 aliphatic heterocycles. The van der Waals surface area contributed by atoms with Crippen molar-refractivity contribution in [2.45, 2.75) is 24.8 Å².